The minimum absolute atomic E-state index is 0.102. The Balaban J connectivity index is 1.76. The minimum atomic E-state index is -3.97. The summed E-state index contributed by atoms with van der Waals surface area (Å²) >= 11 is 0. The van der Waals surface area contributed by atoms with E-state index in [0.717, 1.165) is 22.7 Å². The van der Waals surface area contributed by atoms with Crippen LogP contribution in [0.15, 0.2) is 83.8 Å². The Kier molecular flexibility index (Phi) is 9.32. The summed E-state index contributed by atoms with van der Waals surface area (Å²) in [7, 11) is -3.97. The van der Waals surface area contributed by atoms with Crippen LogP contribution < -0.4 is 14.4 Å². The fourth-order valence-corrected chi connectivity index (χ4v) is 5.20. The van der Waals surface area contributed by atoms with E-state index in [1.54, 1.807) is 24.3 Å². The van der Waals surface area contributed by atoms with Crippen molar-refractivity contribution in [1.29, 1.82) is 0 Å². The third-order valence-corrected chi connectivity index (χ3v) is 7.65. The number of aryl methyl sites for hydroxylation is 1. The molecule has 0 saturated heterocycles. The molecule has 0 aliphatic heterocycles. The Hall–Kier alpha value is -3.32. The van der Waals surface area contributed by atoms with Crippen molar-refractivity contribution in [3.05, 3.63) is 90.0 Å². The topological polar surface area (TPSA) is 75.7 Å². The van der Waals surface area contributed by atoms with Gasteiger partial charge in [0.1, 0.15) is 12.3 Å². The van der Waals surface area contributed by atoms with Gasteiger partial charge in [-0.15, -0.1) is 0 Å². The molecule has 0 spiro atoms. The van der Waals surface area contributed by atoms with Crippen LogP contribution in [0, 0.1) is 12.8 Å². The van der Waals surface area contributed by atoms with Gasteiger partial charge in [0.05, 0.1) is 17.2 Å². The van der Waals surface area contributed by atoms with Crippen molar-refractivity contribution >= 4 is 21.6 Å². The van der Waals surface area contributed by atoms with E-state index in [9.17, 15) is 13.2 Å². The molecule has 186 valence electrons. The van der Waals surface area contributed by atoms with Crippen molar-refractivity contribution in [3.8, 4) is 5.75 Å². The fraction of sp³-hybridized carbons (Fsp3) is 0.321. The second-order valence-corrected chi connectivity index (χ2v) is 10.4. The largest absolute Gasteiger partial charge is 0.494 e. The van der Waals surface area contributed by atoms with Crippen molar-refractivity contribution in [2.45, 2.75) is 38.5 Å². The van der Waals surface area contributed by atoms with E-state index in [-0.39, 0.29) is 23.3 Å². The van der Waals surface area contributed by atoms with E-state index in [4.69, 9.17) is 4.74 Å². The maximum Gasteiger partial charge on any atom is 0.264 e. The number of hydrogen-bond acceptors (Lipinski definition) is 4. The Morgan fingerprint density at radius 1 is 0.943 bits per heavy atom. The minimum Gasteiger partial charge on any atom is -0.494 e. The molecule has 0 aromatic heterocycles. The molecule has 3 rings (SSSR count). The molecule has 0 aliphatic carbocycles. The zero-order valence-electron chi connectivity index (χ0n) is 20.6. The molecule has 0 saturated carbocycles. The fourth-order valence-electron chi connectivity index (χ4n) is 3.78. The average molecular weight is 495 g/mol. The number of nitrogens with one attached hydrogen (secondary N) is 1. The van der Waals surface area contributed by atoms with Gasteiger partial charge in [0.15, 0.2) is 0 Å². The summed E-state index contributed by atoms with van der Waals surface area (Å²) in [4.78, 5) is 13.0. The summed E-state index contributed by atoms with van der Waals surface area (Å²) in [6, 6.07) is 23.5. The van der Waals surface area contributed by atoms with E-state index in [1.807, 2.05) is 44.2 Å². The molecule has 7 heteroatoms. The number of hydrogen-bond donors (Lipinski definition) is 1. The second-order valence-electron chi connectivity index (χ2n) is 8.52. The van der Waals surface area contributed by atoms with Gasteiger partial charge in [-0.25, -0.2) is 8.42 Å². The molecule has 0 aliphatic rings. The average Bonchev–Trinajstić information content (AvgIpc) is 2.87. The van der Waals surface area contributed by atoms with Crippen molar-refractivity contribution in [3.63, 3.8) is 0 Å². The highest BCUT2D eigenvalue weighted by molar-refractivity contribution is 7.92. The maximum absolute atomic E-state index is 13.6. The lowest BCUT2D eigenvalue weighted by atomic mass is 9.97. The van der Waals surface area contributed by atoms with Crippen LogP contribution in [0.3, 0.4) is 0 Å². The Bertz CT molecular complexity index is 1180. The lowest BCUT2D eigenvalue weighted by Crippen LogP contribution is -2.42. The van der Waals surface area contributed by atoms with Crippen molar-refractivity contribution in [2.75, 3.05) is 24.0 Å². The molecule has 3 aromatic rings. The smallest absolute Gasteiger partial charge is 0.264 e. The van der Waals surface area contributed by atoms with Gasteiger partial charge in [-0.05, 0) is 68.1 Å². The Morgan fingerprint density at radius 2 is 1.60 bits per heavy atom. The maximum atomic E-state index is 13.6. The van der Waals surface area contributed by atoms with Gasteiger partial charge < -0.3 is 10.1 Å². The normalized spacial score (nSPS) is 12.1. The molecule has 1 N–H and O–H groups in total. The number of nitrogens with zero attached hydrogens (tertiary/aromatic N) is 1. The first kappa shape index (κ1) is 26.3. The molecule has 0 radical (unpaired) electrons. The number of ether oxygens (including phenoxy) is 1. The first-order chi connectivity index (χ1) is 16.8. The molecule has 0 bridgehead atoms. The molecule has 1 unspecified atom stereocenters. The van der Waals surface area contributed by atoms with Crippen LogP contribution in [0.2, 0.25) is 0 Å². The highest BCUT2D eigenvalue weighted by Crippen LogP contribution is 2.25. The molecular weight excluding hydrogens is 460 g/mol. The molecule has 1 atom stereocenters. The lowest BCUT2D eigenvalue weighted by molar-refractivity contribution is -0.119. The Morgan fingerprint density at radius 3 is 2.20 bits per heavy atom. The van der Waals surface area contributed by atoms with E-state index < -0.39 is 10.0 Å². The SMILES string of the molecule is CCOc1ccc(S(=O)(=O)N(CC(=O)NCC(CC)Cc2ccccc2)c2ccc(C)cc2)cc1. The molecular formula is C28H34N2O4S. The molecule has 0 fully saturated rings. The van der Waals surface area contributed by atoms with Gasteiger partial charge in [-0.3, -0.25) is 9.10 Å². The first-order valence-corrected chi connectivity index (χ1v) is 13.4. The quantitative estimate of drug-likeness (QED) is 0.386. The molecule has 3 aromatic carbocycles. The Labute approximate surface area is 209 Å². The van der Waals surface area contributed by atoms with Crippen LogP contribution in [0.5, 0.6) is 5.75 Å². The van der Waals surface area contributed by atoms with E-state index >= 15 is 0 Å². The van der Waals surface area contributed by atoms with Gasteiger partial charge in [-0.1, -0.05) is 61.4 Å². The van der Waals surface area contributed by atoms with Crippen LogP contribution in [0.4, 0.5) is 5.69 Å². The number of anilines is 1. The third kappa shape index (κ3) is 7.33. The van der Waals surface area contributed by atoms with Crippen LogP contribution in [0.25, 0.3) is 0 Å². The van der Waals surface area contributed by atoms with Crippen LogP contribution >= 0.6 is 0 Å². The van der Waals surface area contributed by atoms with E-state index in [1.165, 1.54) is 17.7 Å². The number of sulfonamides is 1. The first-order valence-electron chi connectivity index (χ1n) is 12.0. The molecule has 0 heterocycles. The lowest BCUT2D eigenvalue weighted by Gasteiger charge is -2.25. The highest BCUT2D eigenvalue weighted by Gasteiger charge is 2.27. The number of amides is 1. The molecule has 6 nitrogen and oxygen atoms in total. The summed E-state index contributed by atoms with van der Waals surface area (Å²) in [5.41, 5.74) is 2.66. The molecule has 1 amide bonds. The summed E-state index contributed by atoms with van der Waals surface area (Å²) in [6.45, 7) is 6.56. The zero-order chi connectivity index (χ0) is 25.3. The molecule has 35 heavy (non-hydrogen) atoms. The summed E-state index contributed by atoms with van der Waals surface area (Å²) in [5, 5.41) is 2.95. The second kappa shape index (κ2) is 12.4. The van der Waals surface area contributed by atoms with E-state index in [0.29, 0.717) is 24.6 Å². The standard InChI is InChI=1S/C28H34N2O4S/c1-4-23(19-24-9-7-6-8-10-24)20-29-28(31)21-30(25-13-11-22(3)12-14-25)35(32,33)27-17-15-26(16-18-27)34-5-2/h6-18,23H,4-5,19-21H2,1-3H3,(H,29,31). The van der Waals surface area contributed by atoms with Crippen molar-refractivity contribution in [1.82, 2.24) is 5.32 Å². The summed E-state index contributed by atoms with van der Waals surface area (Å²) in [5.74, 6) is 0.513. The summed E-state index contributed by atoms with van der Waals surface area (Å²) < 4.78 is 33.7. The number of rotatable bonds is 12. The summed E-state index contributed by atoms with van der Waals surface area (Å²) in [6.07, 6.45) is 1.76. The predicted molar refractivity (Wildman–Crippen MR) is 140 cm³/mol. The third-order valence-electron chi connectivity index (χ3n) is 5.86. The van der Waals surface area contributed by atoms with Gasteiger partial charge in [0.25, 0.3) is 10.0 Å². The number of benzene rings is 3. The van der Waals surface area contributed by atoms with Gasteiger partial charge in [-0.2, -0.15) is 0 Å². The monoisotopic (exact) mass is 494 g/mol. The number of carbonyl (C=O) groups is 1. The highest BCUT2D eigenvalue weighted by atomic mass is 32.2. The predicted octanol–water partition coefficient (Wildman–Crippen LogP) is 4.97. The van der Waals surface area contributed by atoms with Crippen LogP contribution in [-0.4, -0.2) is 34.0 Å². The van der Waals surface area contributed by atoms with Crippen molar-refractivity contribution < 1.29 is 17.9 Å². The van der Waals surface area contributed by atoms with E-state index in [2.05, 4.69) is 24.4 Å². The van der Waals surface area contributed by atoms with Gasteiger partial charge >= 0.3 is 0 Å². The van der Waals surface area contributed by atoms with Gasteiger partial charge in [0.2, 0.25) is 5.91 Å². The number of carbonyl (C=O) groups excluding carboxylic acids is 1. The van der Waals surface area contributed by atoms with Crippen molar-refractivity contribution in [2.24, 2.45) is 5.92 Å². The van der Waals surface area contributed by atoms with Gasteiger partial charge in [0, 0.05) is 6.54 Å². The zero-order valence-corrected chi connectivity index (χ0v) is 21.4. The van der Waals surface area contributed by atoms with Crippen LogP contribution in [-0.2, 0) is 21.2 Å². The van der Waals surface area contributed by atoms with Crippen LogP contribution in [0.1, 0.15) is 31.4 Å².